The molecule has 0 heterocycles. The van der Waals surface area contributed by atoms with Crippen LogP contribution in [0.4, 0.5) is 0 Å². The number of benzene rings is 4. The molecule has 0 radical (unpaired) electrons. The molecule has 168 valence electrons. The second-order valence-electron chi connectivity index (χ2n) is 7.87. The van der Waals surface area contributed by atoms with Crippen molar-refractivity contribution in [2.24, 2.45) is 0 Å². The molecule has 0 aliphatic heterocycles. The Kier molecular flexibility index (Phi) is 7.56. The molecule has 0 spiro atoms. The normalized spacial score (nSPS) is 9.46. The molecule has 4 rings (SSSR count). The van der Waals surface area contributed by atoms with Crippen molar-refractivity contribution in [2.75, 3.05) is 14.2 Å². The topological polar surface area (TPSA) is 18.5 Å². The van der Waals surface area contributed by atoms with Crippen LogP contribution in [-0.4, -0.2) is 14.2 Å². The first kappa shape index (κ1) is 23.3. The van der Waals surface area contributed by atoms with Gasteiger partial charge in [-0.1, -0.05) is 53.2 Å². The Morgan fingerprint density at radius 2 is 0.686 bits per heavy atom. The highest BCUT2D eigenvalue weighted by Crippen LogP contribution is 2.13. The molecule has 0 aromatic heterocycles. The van der Waals surface area contributed by atoms with Crippen LogP contribution >= 0.6 is 0 Å². The molecule has 4 aromatic rings. The van der Waals surface area contributed by atoms with E-state index in [0.29, 0.717) is 0 Å². The first-order valence-electron chi connectivity index (χ1n) is 11.2. The van der Waals surface area contributed by atoms with Gasteiger partial charge in [-0.05, 0) is 85.8 Å². The standard InChI is InChI=1S/C33H24O2/c1-25-4-6-26(7-5-25)8-11-29-22-30(12-9-27-14-18-32(34-2)19-15-27)24-31(23-29)13-10-28-16-20-33(35-3)21-17-28/h4-7,14-24H,1-3H3. The van der Waals surface area contributed by atoms with Crippen molar-refractivity contribution in [1.82, 2.24) is 0 Å². The molecule has 0 bridgehead atoms. The van der Waals surface area contributed by atoms with Crippen molar-refractivity contribution < 1.29 is 9.47 Å². The van der Waals surface area contributed by atoms with Crippen molar-refractivity contribution in [1.29, 1.82) is 0 Å². The van der Waals surface area contributed by atoms with E-state index in [0.717, 1.165) is 44.9 Å². The van der Waals surface area contributed by atoms with Gasteiger partial charge < -0.3 is 9.47 Å². The summed E-state index contributed by atoms with van der Waals surface area (Å²) in [6, 6.07) is 29.5. The predicted octanol–water partition coefficient (Wildman–Crippen LogP) is 6.21. The Morgan fingerprint density at radius 3 is 1.00 bits per heavy atom. The highest BCUT2D eigenvalue weighted by molar-refractivity contribution is 5.55. The maximum Gasteiger partial charge on any atom is 0.118 e. The third-order valence-electron chi connectivity index (χ3n) is 5.22. The van der Waals surface area contributed by atoms with Gasteiger partial charge in [-0.2, -0.15) is 0 Å². The van der Waals surface area contributed by atoms with E-state index in [1.165, 1.54) is 5.56 Å². The summed E-state index contributed by atoms with van der Waals surface area (Å²) in [6.07, 6.45) is 0. The number of hydrogen-bond acceptors (Lipinski definition) is 2. The van der Waals surface area contributed by atoms with Gasteiger partial charge in [0.2, 0.25) is 0 Å². The number of aryl methyl sites for hydroxylation is 1. The van der Waals surface area contributed by atoms with E-state index in [9.17, 15) is 0 Å². The minimum Gasteiger partial charge on any atom is -0.497 e. The van der Waals surface area contributed by atoms with Crippen LogP contribution in [0.25, 0.3) is 0 Å². The lowest BCUT2D eigenvalue weighted by atomic mass is 10.0. The Bertz CT molecular complexity index is 1410. The van der Waals surface area contributed by atoms with E-state index in [1.54, 1.807) is 14.2 Å². The third-order valence-corrected chi connectivity index (χ3v) is 5.22. The lowest BCUT2D eigenvalue weighted by Gasteiger charge is -1.99. The molecule has 0 unspecified atom stereocenters. The van der Waals surface area contributed by atoms with Gasteiger partial charge in [0.05, 0.1) is 14.2 Å². The highest BCUT2D eigenvalue weighted by atomic mass is 16.5. The summed E-state index contributed by atoms with van der Waals surface area (Å²) >= 11 is 0. The van der Waals surface area contributed by atoms with Gasteiger partial charge in [-0.25, -0.2) is 0 Å². The molecule has 0 fully saturated rings. The second kappa shape index (κ2) is 11.3. The first-order valence-corrected chi connectivity index (χ1v) is 11.2. The summed E-state index contributed by atoms with van der Waals surface area (Å²) in [7, 11) is 3.30. The molecule has 0 aliphatic rings. The molecule has 2 heteroatoms. The van der Waals surface area contributed by atoms with E-state index >= 15 is 0 Å². The van der Waals surface area contributed by atoms with E-state index < -0.39 is 0 Å². The Morgan fingerprint density at radius 1 is 0.400 bits per heavy atom. The fraction of sp³-hybridized carbons (Fsp3) is 0.0909. The Labute approximate surface area is 207 Å². The third kappa shape index (κ3) is 6.82. The summed E-state index contributed by atoms with van der Waals surface area (Å²) in [5.41, 5.74) is 6.58. The number of hydrogen-bond donors (Lipinski definition) is 0. The van der Waals surface area contributed by atoms with E-state index in [2.05, 4.69) is 54.6 Å². The van der Waals surface area contributed by atoms with Gasteiger partial charge in [0.15, 0.2) is 0 Å². The van der Waals surface area contributed by atoms with Gasteiger partial charge in [-0.15, -0.1) is 0 Å². The Hall–Kier alpha value is -4.84. The van der Waals surface area contributed by atoms with Crippen molar-refractivity contribution in [2.45, 2.75) is 6.92 Å². The smallest absolute Gasteiger partial charge is 0.118 e. The van der Waals surface area contributed by atoms with Crippen LogP contribution in [0.1, 0.15) is 38.9 Å². The van der Waals surface area contributed by atoms with Crippen molar-refractivity contribution in [3.63, 3.8) is 0 Å². The molecular weight excluding hydrogens is 428 g/mol. The second-order valence-corrected chi connectivity index (χ2v) is 7.87. The number of methoxy groups -OCH3 is 2. The Balaban J connectivity index is 1.68. The average Bonchev–Trinajstić information content (AvgIpc) is 2.91. The van der Waals surface area contributed by atoms with Crippen molar-refractivity contribution in [3.8, 4) is 47.0 Å². The summed E-state index contributed by atoms with van der Waals surface area (Å²) in [5.74, 6) is 21.1. The quantitative estimate of drug-likeness (QED) is 0.337. The van der Waals surface area contributed by atoms with E-state index in [1.807, 2.05) is 78.9 Å². The van der Waals surface area contributed by atoms with Crippen LogP contribution < -0.4 is 9.47 Å². The summed E-state index contributed by atoms with van der Waals surface area (Å²) in [4.78, 5) is 0. The molecule has 0 atom stereocenters. The molecule has 0 N–H and O–H groups in total. The van der Waals surface area contributed by atoms with Crippen LogP contribution in [0.2, 0.25) is 0 Å². The van der Waals surface area contributed by atoms with Gasteiger partial charge >= 0.3 is 0 Å². The molecule has 0 amide bonds. The van der Waals surface area contributed by atoms with E-state index in [-0.39, 0.29) is 0 Å². The zero-order valence-corrected chi connectivity index (χ0v) is 20.0. The van der Waals surface area contributed by atoms with Crippen LogP contribution in [-0.2, 0) is 0 Å². The summed E-state index contributed by atoms with van der Waals surface area (Å²) in [6.45, 7) is 2.07. The van der Waals surface area contributed by atoms with E-state index in [4.69, 9.17) is 9.47 Å². The van der Waals surface area contributed by atoms with Crippen LogP contribution in [0.5, 0.6) is 11.5 Å². The van der Waals surface area contributed by atoms with Crippen molar-refractivity contribution in [3.05, 3.63) is 130 Å². The van der Waals surface area contributed by atoms with Gasteiger partial charge in [0.1, 0.15) is 11.5 Å². The van der Waals surface area contributed by atoms with Crippen LogP contribution in [0.15, 0.2) is 91.0 Å². The number of rotatable bonds is 2. The molecule has 0 aliphatic carbocycles. The fourth-order valence-electron chi connectivity index (χ4n) is 3.26. The molecule has 4 aromatic carbocycles. The minimum absolute atomic E-state index is 0.806. The highest BCUT2D eigenvalue weighted by Gasteiger charge is 1.98. The zero-order chi connectivity index (χ0) is 24.5. The molecule has 35 heavy (non-hydrogen) atoms. The fourth-order valence-corrected chi connectivity index (χ4v) is 3.26. The minimum atomic E-state index is 0.806. The van der Waals surface area contributed by atoms with Gasteiger partial charge in [0, 0.05) is 33.4 Å². The predicted molar refractivity (Wildman–Crippen MR) is 142 cm³/mol. The maximum atomic E-state index is 5.22. The lowest BCUT2D eigenvalue weighted by molar-refractivity contribution is 0.414. The largest absolute Gasteiger partial charge is 0.497 e. The van der Waals surface area contributed by atoms with Gasteiger partial charge in [0.25, 0.3) is 0 Å². The zero-order valence-electron chi connectivity index (χ0n) is 20.0. The van der Waals surface area contributed by atoms with Gasteiger partial charge in [-0.3, -0.25) is 0 Å². The monoisotopic (exact) mass is 452 g/mol. The molecule has 2 nitrogen and oxygen atoms in total. The van der Waals surface area contributed by atoms with Crippen LogP contribution in [0.3, 0.4) is 0 Å². The van der Waals surface area contributed by atoms with Crippen molar-refractivity contribution >= 4 is 0 Å². The molecule has 0 saturated heterocycles. The summed E-state index contributed by atoms with van der Waals surface area (Å²) in [5, 5.41) is 0. The van der Waals surface area contributed by atoms with Crippen LogP contribution in [0, 0.1) is 42.4 Å². The number of ether oxygens (including phenoxy) is 2. The maximum absolute atomic E-state index is 5.22. The lowest BCUT2D eigenvalue weighted by Crippen LogP contribution is -1.86. The molecular formula is C33H24O2. The first-order chi connectivity index (χ1) is 17.1. The average molecular weight is 453 g/mol. The SMILES string of the molecule is COc1ccc(C#Cc2cc(C#Cc3ccc(C)cc3)cc(C#Cc3ccc(OC)cc3)c2)cc1. The molecule has 0 saturated carbocycles. The summed E-state index contributed by atoms with van der Waals surface area (Å²) < 4.78 is 10.4.